The van der Waals surface area contributed by atoms with Crippen molar-refractivity contribution < 1.29 is 24.2 Å². The zero-order chi connectivity index (χ0) is 23.3. The van der Waals surface area contributed by atoms with E-state index >= 15 is 0 Å². The van der Waals surface area contributed by atoms with Crippen LogP contribution in [0.25, 0.3) is 0 Å². The number of carboxylic acid groups (broad SMARTS) is 1. The molecule has 0 aromatic heterocycles. The molecule has 0 radical (unpaired) electrons. The number of nitrogens with zero attached hydrogens (tertiary/aromatic N) is 2. The molecule has 1 unspecified atom stereocenters. The van der Waals surface area contributed by atoms with Gasteiger partial charge in [-0.3, -0.25) is 4.79 Å². The highest BCUT2D eigenvalue weighted by molar-refractivity contribution is 5.81. The molecule has 1 aromatic rings. The lowest BCUT2D eigenvalue weighted by molar-refractivity contribution is -0.145. The van der Waals surface area contributed by atoms with Crippen molar-refractivity contribution in [2.45, 2.75) is 77.7 Å². The lowest BCUT2D eigenvalue weighted by Crippen LogP contribution is -2.54. The van der Waals surface area contributed by atoms with E-state index in [2.05, 4.69) is 13.8 Å². The summed E-state index contributed by atoms with van der Waals surface area (Å²) in [7, 11) is 0. The van der Waals surface area contributed by atoms with Crippen molar-refractivity contribution in [3.05, 3.63) is 23.8 Å². The molecule has 1 N–H and O–H groups in total. The van der Waals surface area contributed by atoms with E-state index in [1.165, 1.54) is 0 Å². The normalized spacial score (nSPS) is 24.1. The van der Waals surface area contributed by atoms with E-state index in [0.29, 0.717) is 37.6 Å². The van der Waals surface area contributed by atoms with Gasteiger partial charge < -0.3 is 24.4 Å². The molecule has 7 nitrogen and oxygen atoms in total. The number of rotatable bonds is 10. The van der Waals surface area contributed by atoms with Crippen LogP contribution in [-0.4, -0.2) is 58.9 Å². The summed E-state index contributed by atoms with van der Waals surface area (Å²) in [5, 5.41) is 10.3. The second-order valence-electron chi connectivity index (χ2n) is 9.23. The zero-order valence-corrected chi connectivity index (χ0v) is 19.9. The van der Waals surface area contributed by atoms with E-state index in [-0.39, 0.29) is 18.7 Å². The van der Waals surface area contributed by atoms with Gasteiger partial charge in [-0.25, -0.2) is 4.79 Å². The van der Waals surface area contributed by atoms with Gasteiger partial charge in [-0.15, -0.1) is 0 Å². The van der Waals surface area contributed by atoms with Gasteiger partial charge in [0.1, 0.15) is 0 Å². The summed E-state index contributed by atoms with van der Waals surface area (Å²) in [5.41, 5.74) is 0.128. The van der Waals surface area contributed by atoms with Crippen LogP contribution < -0.4 is 9.47 Å². The Bertz CT molecular complexity index is 806. The second-order valence-corrected chi connectivity index (χ2v) is 9.23. The van der Waals surface area contributed by atoms with Crippen LogP contribution in [0.5, 0.6) is 11.5 Å². The van der Waals surface area contributed by atoms with Gasteiger partial charge in [0.2, 0.25) is 6.79 Å². The van der Waals surface area contributed by atoms with Crippen LogP contribution in [0, 0.1) is 5.92 Å². The number of unbranched alkanes of at least 4 members (excludes halogenated alkanes) is 2. The molecule has 178 valence electrons. The highest BCUT2D eigenvalue weighted by atomic mass is 16.7. The molecule has 0 aliphatic carbocycles. The molecule has 1 fully saturated rings. The monoisotopic (exact) mass is 446 g/mol. The van der Waals surface area contributed by atoms with Crippen LogP contribution in [0.1, 0.15) is 77.7 Å². The number of hydrogen-bond acceptors (Lipinski definition) is 4. The number of benzene rings is 1. The van der Waals surface area contributed by atoms with Gasteiger partial charge in [0, 0.05) is 25.6 Å². The maximum Gasteiger partial charge on any atom is 0.320 e. The Kier molecular flexibility index (Phi) is 7.91. The first-order chi connectivity index (χ1) is 15.4. The highest BCUT2D eigenvalue weighted by Crippen LogP contribution is 2.48. The van der Waals surface area contributed by atoms with Gasteiger partial charge >= 0.3 is 12.0 Å². The smallest absolute Gasteiger partial charge is 0.320 e. The van der Waals surface area contributed by atoms with Crippen molar-refractivity contribution >= 4 is 12.0 Å². The Morgan fingerprint density at radius 2 is 1.75 bits per heavy atom. The summed E-state index contributed by atoms with van der Waals surface area (Å²) in [6.07, 6.45) is 5.37. The van der Waals surface area contributed by atoms with Crippen molar-refractivity contribution in [3.8, 4) is 11.5 Å². The zero-order valence-electron chi connectivity index (χ0n) is 19.9. The average molecular weight is 447 g/mol. The molecule has 7 heteroatoms. The SMILES string of the molecule is CCCCN(CCCC)C(=O)N1C[C@@H](c2ccc3c(c2)OCO3)[C@H](C(=O)O)C1(C)CCC. The Morgan fingerprint density at radius 1 is 1.09 bits per heavy atom. The van der Waals surface area contributed by atoms with Crippen LogP contribution in [-0.2, 0) is 4.79 Å². The molecule has 1 saturated heterocycles. The average Bonchev–Trinajstić information content (AvgIpc) is 3.35. The fourth-order valence-corrected chi connectivity index (χ4v) is 5.26. The maximum absolute atomic E-state index is 13.8. The van der Waals surface area contributed by atoms with Gasteiger partial charge in [0.25, 0.3) is 0 Å². The van der Waals surface area contributed by atoms with Crippen LogP contribution in [0.15, 0.2) is 18.2 Å². The van der Waals surface area contributed by atoms with Crippen molar-refractivity contribution in [3.63, 3.8) is 0 Å². The molecule has 1 aromatic carbocycles. The van der Waals surface area contributed by atoms with Crippen molar-refractivity contribution in [1.82, 2.24) is 9.80 Å². The van der Waals surface area contributed by atoms with E-state index in [0.717, 1.165) is 37.7 Å². The molecule has 3 atom stereocenters. The minimum Gasteiger partial charge on any atom is -0.481 e. The van der Waals surface area contributed by atoms with E-state index in [4.69, 9.17) is 9.47 Å². The number of amides is 2. The first kappa shape index (κ1) is 24.2. The Balaban J connectivity index is 1.97. The lowest BCUT2D eigenvalue weighted by atomic mass is 9.76. The molecule has 0 saturated carbocycles. The summed E-state index contributed by atoms with van der Waals surface area (Å²) in [6.45, 7) is 10.2. The van der Waals surface area contributed by atoms with E-state index in [1.54, 1.807) is 0 Å². The number of likely N-dealkylation sites (tertiary alicyclic amines) is 1. The van der Waals surface area contributed by atoms with Crippen LogP contribution in [0.3, 0.4) is 0 Å². The van der Waals surface area contributed by atoms with Crippen LogP contribution in [0.2, 0.25) is 0 Å². The van der Waals surface area contributed by atoms with E-state index in [9.17, 15) is 14.7 Å². The molecule has 2 aliphatic heterocycles. The third kappa shape index (κ3) is 4.66. The molecule has 2 heterocycles. The number of carbonyl (C=O) groups excluding carboxylic acids is 1. The predicted molar refractivity (Wildman–Crippen MR) is 123 cm³/mol. The minimum atomic E-state index is -0.854. The summed E-state index contributed by atoms with van der Waals surface area (Å²) >= 11 is 0. The third-order valence-corrected chi connectivity index (χ3v) is 6.98. The van der Waals surface area contributed by atoms with Crippen molar-refractivity contribution in [2.24, 2.45) is 5.92 Å². The molecular formula is C25H38N2O5. The molecule has 32 heavy (non-hydrogen) atoms. The summed E-state index contributed by atoms with van der Waals surface area (Å²) < 4.78 is 11.0. The number of hydrogen-bond donors (Lipinski definition) is 1. The summed E-state index contributed by atoms with van der Waals surface area (Å²) in [4.78, 5) is 30.2. The quantitative estimate of drug-likeness (QED) is 0.541. The minimum absolute atomic E-state index is 0.0302. The van der Waals surface area contributed by atoms with Crippen molar-refractivity contribution in [1.29, 1.82) is 0 Å². The molecule has 3 rings (SSSR count). The summed E-state index contributed by atoms with van der Waals surface area (Å²) in [6, 6.07) is 5.61. The largest absolute Gasteiger partial charge is 0.481 e. The van der Waals surface area contributed by atoms with Gasteiger partial charge in [-0.1, -0.05) is 46.1 Å². The maximum atomic E-state index is 13.8. The van der Waals surface area contributed by atoms with Gasteiger partial charge in [-0.2, -0.15) is 0 Å². The van der Waals surface area contributed by atoms with Crippen LogP contribution >= 0.6 is 0 Å². The Hall–Kier alpha value is -2.44. The molecule has 0 bridgehead atoms. The first-order valence-electron chi connectivity index (χ1n) is 12.1. The number of aliphatic carboxylic acids is 1. The molecular weight excluding hydrogens is 408 g/mol. The lowest BCUT2D eigenvalue weighted by Gasteiger charge is -2.40. The Morgan fingerprint density at radius 3 is 2.34 bits per heavy atom. The number of carboxylic acids is 1. The third-order valence-electron chi connectivity index (χ3n) is 6.98. The van der Waals surface area contributed by atoms with E-state index in [1.807, 2.05) is 41.8 Å². The fourth-order valence-electron chi connectivity index (χ4n) is 5.26. The fraction of sp³-hybridized carbons (Fsp3) is 0.680. The van der Waals surface area contributed by atoms with Gasteiger partial charge in [0.05, 0.1) is 11.5 Å². The van der Waals surface area contributed by atoms with Crippen molar-refractivity contribution in [2.75, 3.05) is 26.4 Å². The van der Waals surface area contributed by atoms with Gasteiger partial charge in [-0.05, 0) is 43.9 Å². The van der Waals surface area contributed by atoms with Gasteiger partial charge in [0.15, 0.2) is 11.5 Å². The number of carbonyl (C=O) groups is 2. The molecule has 2 amide bonds. The van der Waals surface area contributed by atoms with Crippen LogP contribution in [0.4, 0.5) is 4.79 Å². The number of ether oxygens (including phenoxy) is 2. The predicted octanol–water partition coefficient (Wildman–Crippen LogP) is 5.10. The number of fused-ring (bicyclic) bond motifs is 1. The highest BCUT2D eigenvalue weighted by Gasteiger charge is 2.56. The Labute approximate surface area is 191 Å². The second kappa shape index (κ2) is 10.5. The van der Waals surface area contributed by atoms with E-state index < -0.39 is 17.4 Å². The first-order valence-corrected chi connectivity index (χ1v) is 12.1. The topological polar surface area (TPSA) is 79.3 Å². The molecule has 0 spiro atoms. The standard InChI is InChI=1S/C25H38N2O5/c1-5-8-13-26(14-9-6-2)24(30)27-16-19(22(23(28)29)25(27,4)12-7-3)18-10-11-20-21(15-18)32-17-31-20/h10-11,15,19,22H,5-9,12-14,16-17H2,1-4H3,(H,28,29)/t19-,22+,25?/m0/s1. The molecule has 2 aliphatic rings. The summed E-state index contributed by atoms with van der Waals surface area (Å²) in [5.74, 6) is -0.533. The number of urea groups is 1.